The Hall–Kier alpha value is -0.650. The average Bonchev–Trinajstić information content (AvgIpc) is 3.16. The fraction of sp³-hybridized carbons (Fsp3) is 0.900. The van der Waals surface area contributed by atoms with E-state index >= 15 is 0 Å². The van der Waals surface area contributed by atoms with E-state index in [0.717, 1.165) is 97.2 Å². The molecular formula is C20H41IN6O2. The second kappa shape index (κ2) is 15.2. The van der Waals surface area contributed by atoms with Gasteiger partial charge in [-0.1, -0.05) is 0 Å². The van der Waals surface area contributed by atoms with Crippen LogP contribution in [0.2, 0.25) is 0 Å². The van der Waals surface area contributed by atoms with Gasteiger partial charge < -0.3 is 20.3 Å². The minimum Gasteiger partial charge on any atom is -0.379 e. The van der Waals surface area contributed by atoms with Crippen molar-refractivity contribution >= 4 is 35.8 Å². The summed E-state index contributed by atoms with van der Waals surface area (Å²) in [5.74, 6) is 1.13. The molecule has 0 aromatic carbocycles. The highest BCUT2D eigenvalue weighted by molar-refractivity contribution is 14.0. The number of amides is 1. The second-order valence-corrected chi connectivity index (χ2v) is 7.78. The number of aliphatic imine (C=N–C) groups is 1. The molecule has 0 aromatic heterocycles. The summed E-state index contributed by atoms with van der Waals surface area (Å²) in [6.07, 6.45) is 4.18. The standard InChI is InChI=1S/C20H40N6O2.HI/c1-4-21-20(22-9-6-11-25-14-16-28-17-15-25)23-10-7-13-26-12-5-8-18(26)19(27)24(2)3;/h18H,4-17H2,1-3H3,(H2,21,22,23);1H. The number of carbonyl (C=O) groups excluding carboxylic acids is 1. The van der Waals surface area contributed by atoms with Gasteiger partial charge in [-0.05, 0) is 39.2 Å². The van der Waals surface area contributed by atoms with Crippen LogP contribution in [-0.2, 0) is 9.53 Å². The van der Waals surface area contributed by atoms with E-state index in [0.29, 0.717) is 0 Å². The predicted molar refractivity (Wildman–Crippen MR) is 129 cm³/mol. The summed E-state index contributed by atoms with van der Waals surface area (Å²) >= 11 is 0. The van der Waals surface area contributed by atoms with E-state index in [1.54, 1.807) is 4.90 Å². The molecule has 0 bridgehead atoms. The minimum atomic E-state index is 0. The van der Waals surface area contributed by atoms with Crippen molar-refractivity contribution in [2.24, 2.45) is 4.99 Å². The van der Waals surface area contributed by atoms with Crippen molar-refractivity contribution in [1.82, 2.24) is 25.3 Å². The zero-order valence-electron chi connectivity index (χ0n) is 18.5. The Labute approximate surface area is 193 Å². The topological polar surface area (TPSA) is 72.4 Å². The third-order valence-corrected chi connectivity index (χ3v) is 5.35. The molecule has 0 saturated carbocycles. The van der Waals surface area contributed by atoms with Gasteiger partial charge in [0, 0.05) is 59.9 Å². The summed E-state index contributed by atoms with van der Waals surface area (Å²) in [4.78, 5) is 23.5. The maximum atomic E-state index is 12.3. The van der Waals surface area contributed by atoms with E-state index in [-0.39, 0.29) is 35.9 Å². The van der Waals surface area contributed by atoms with E-state index in [1.807, 2.05) is 14.1 Å². The quantitative estimate of drug-likeness (QED) is 0.191. The molecular weight excluding hydrogens is 483 g/mol. The van der Waals surface area contributed by atoms with Crippen LogP contribution in [0, 0.1) is 0 Å². The second-order valence-electron chi connectivity index (χ2n) is 7.78. The summed E-state index contributed by atoms with van der Waals surface area (Å²) in [7, 11) is 3.69. The number of nitrogens with one attached hydrogen (secondary N) is 2. The van der Waals surface area contributed by atoms with Crippen LogP contribution in [0.4, 0.5) is 0 Å². The van der Waals surface area contributed by atoms with Crippen molar-refractivity contribution in [3.63, 3.8) is 0 Å². The summed E-state index contributed by atoms with van der Waals surface area (Å²) in [5, 5.41) is 6.76. The molecule has 2 N–H and O–H groups in total. The Morgan fingerprint density at radius 2 is 1.90 bits per heavy atom. The average molecular weight is 524 g/mol. The molecule has 0 aliphatic carbocycles. The molecule has 1 unspecified atom stereocenters. The third kappa shape index (κ3) is 9.80. The first kappa shape index (κ1) is 26.4. The molecule has 1 atom stereocenters. The fourth-order valence-corrected chi connectivity index (χ4v) is 3.81. The van der Waals surface area contributed by atoms with Crippen LogP contribution >= 0.6 is 24.0 Å². The number of hydrogen-bond donors (Lipinski definition) is 2. The van der Waals surface area contributed by atoms with Crippen LogP contribution < -0.4 is 10.6 Å². The molecule has 9 heteroatoms. The summed E-state index contributed by atoms with van der Waals surface area (Å²) in [6, 6.07) is 0.0668. The van der Waals surface area contributed by atoms with Crippen molar-refractivity contribution in [2.75, 3.05) is 79.7 Å². The van der Waals surface area contributed by atoms with Crippen LogP contribution in [0.25, 0.3) is 0 Å². The van der Waals surface area contributed by atoms with Crippen molar-refractivity contribution in [1.29, 1.82) is 0 Å². The van der Waals surface area contributed by atoms with Crippen molar-refractivity contribution in [3.05, 3.63) is 0 Å². The van der Waals surface area contributed by atoms with E-state index in [4.69, 9.17) is 9.73 Å². The molecule has 29 heavy (non-hydrogen) atoms. The van der Waals surface area contributed by atoms with Gasteiger partial charge in [0.2, 0.25) is 5.91 Å². The molecule has 8 nitrogen and oxygen atoms in total. The lowest BCUT2D eigenvalue weighted by Crippen LogP contribution is -2.44. The Balaban J connectivity index is 0.00000420. The van der Waals surface area contributed by atoms with Gasteiger partial charge in [0.25, 0.3) is 0 Å². The smallest absolute Gasteiger partial charge is 0.239 e. The van der Waals surface area contributed by atoms with Crippen LogP contribution in [0.5, 0.6) is 0 Å². The molecule has 2 aliphatic heterocycles. The number of likely N-dealkylation sites (N-methyl/N-ethyl adjacent to an activating group) is 1. The molecule has 2 saturated heterocycles. The number of halogens is 1. The van der Waals surface area contributed by atoms with Crippen molar-refractivity contribution in [3.8, 4) is 0 Å². The zero-order valence-corrected chi connectivity index (χ0v) is 20.8. The molecule has 2 rings (SSSR count). The highest BCUT2D eigenvalue weighted by Gasteiger charge is 2.30. The summed E-state index contributed by atoms with van der Waals surface area (Å²) < 4.78 is 5.39. The van der Waals surface area contributed by atoms with Gasteiger partial charge in [0.05, 0.1) is 19.3 Å². The van der Waals surface area contributed by atoms with Gasteiger partial charge in [-0.25, -0.2) is 0 Å². The first-order valence-corrected chi connectivity index (χ1v) is 10.9. The largest absolute Gasteiger partial charge is 0.379 e. The van der Waals surface area contributed by atoms with Gasteiger partial charge in [-0.3, -0.25) is 19.6 Å². The minimum absolute atomic E-state index is 0. The van der Waals surface area contributed by atoms with Crippen molar-refractivity contribution in [2.45, 2.75) is 38.6 Å². The Morgan fingerprint density at radius 3 is 2.59 bits per heavy atom. The summed E-state index contributed by atoms with van der Waals surface area (Å²) in [5.41, 5.74) is 0. The van der Waals surface area contributed by atoms with E-state index < -0.39 is 0 Å². The Morgan fingerprint density at radius 1 is 1.14 bits per heavy atom. The molecule has 170 valence electrons. The number of ether oxygens (including phenoxy) is 1. The van der Waals surface area contributed by atoms with E-state index in [1.165, 1.54) is 0 Å². The third-order valence-electron chi connectivity index (χ3n) is 5.35. The van der Waals surface area contributed by atoms with Crippen LogP contribution in [-0.4, -0.2) is 112 Å². The van der Waals surface area contributed by atoms with Gasteiger partial charge in [0.15, 0.2) is 5.96 Å². The molecule has 2 heterocycles. The molecule has 2 aliphatic rings. The number of guanidine groups is 1. The first-order chi connectivity index (χ1) is 13.6. The summed E-state index contributed by atoms with van der Waals surface area (Å²) in [6.45, 7) is 11.5. The van der Waals surface area contributed by atoms with Gasteiger partial charge in [0.1, 0.15) is 0 Å². The van der Waals surface area contributed by atoms with E-state index in [2.05, 4.69) is 27.4 Å². The molecule has 0 radical (unpaired) electrons. The number of rotatable bonds is 10. The maximum absolute atomic E-state index is 12.3. The highest BCUT2D eigenvalue weighted by Crippen LogP contribution is 2.18. The van der Waals surface area contributed by atoms with Crippen LogP contribution in [0.15, 0.2) is 4.99 Å². The molecule has 1 amide bonds. The van der Waals surface area contributed by atoms with Gasteiger partial charge in [-0.15, -0.1) is 24.0 Å². The monoisotopic (exact) mass is 524 g/mol. The maximum Gasteiger partial charge on any atom is 0.239 e. The fourth-order valence-electron chi connectivity index (χ4n) is 3.81. The number of hydrogen-bond acceptors (Lipinski definition) is 5. The predicted octanol–water partition coefficient (Wildman–Crippen LogP) is 0.825. The lowest BCUT2D eigenvalue weighted by molar-refractivity contribution is -0.133. The van der Waals surface area contributed by atoms with Crippen LogP contribution in [0.3, 0.4) is 0 Å². The highest BCUT2D eigenvalue weighted by atomic mass is 127. The Bertz CT molecular complexity index is 486. The van der Waals surface area contributed by atoms with E-state index in [9.17, 15) is 4.79 Å². The first-order valence-electron chi connectivity index (χ1n) is 10.9. The lowest BCUT2D eigenvalue weighted by atomic mass is 10.2. The number of nitrogens with zero attached hydrogens (tertiary/aromatic N) is 4. The number of carbonyl (C=O) groups is 1. The molecule has 2 fully saturated rings. The molecule has 0 aromatic rings. The van der Waals surface area contributed by atoms with Crippen LogP contribution in [0.1, 0.15) is 32.6 Å². The lowest BCUT2D eigenvalue weighted by Gasteiger charge is -2.26. The van der Waals surface area contributed by atoms with Gasteiger partial charge in [-0.2, -0.15) is 0 Å². The molecule has 0 spiro atoms. The Kier molecular flexibility index (Phi) is 13.8. The number of likely N-dealkylation sites (tertiary alicyclic amines) is 1. The SMILES string of the molecule is CCNC(=NCCCN1CCOCC1)NCCCN1CCCC1C(=O)N(C)C.I. The number of morpholine rings is 1. The normalized spacial score (nSPS) is 20.9. The zero-order chi connectivity index (χ0) is 20.2. The van der Waals surface area contributed by atoms with Gasteiger partial charge >= 0.3 is 0 Å². The van der Waals surface area contributed by atoms with Crippen molar-refractivity contribution < 1.29 is 9.53 Å².